The van der Waals surface area contributed by atoms with Crippen molar-refractivity contribution in [1.82, 2.24) is 30.2 Å². The average molecular weight is 492 g/mol. The number of nitrogens with one attached hydrogen (secondary N) is 2. The number of carbonyl (C=O) groups is 2. The lowest BCUT2D eigenvalue weighted by atomic mass is 10.0. The zero-order valence-corrected chi connectivity index (χ0v) is 20.4. The number of aromatic nitrogens is 4. The number of carbonyl (C=O) groups excluding carboxylic acids is 2. The Morgan fingerprint density at radius 3 is 2.49 bits per heavy atom. The molecule has 4 N–H and O–H groups in total. The fraction of sp³-hybridized carbons (Fsp3) is 0.107. The van der Waals surface area contributed by atoms with Gasteiger partial charge in [-0.3, -0.25) is 14.6 Å². The summed E-state index contributed by atoms with van der Waals surface area (Å²) in [5.41, 5.74) is 11.6. The van der Waals surface area contributed by atoms with Crippen LogP contribution in [0.2, 0.25) is 0 Å². The number of H-pyrrole nitrogens is 1. The maximum absolute atomic E-state index is 12.8. The van der Waals surface area contributed by atoms with E-state index in [9.17, 15) is 9.59 Å². The molecular weight excluding hydrogens is 466 g/mol. The van der Waals surface area contributed by atoms with E-state index in [2.05, 4.69) is 25.3 Å². The maximum atomic E-state index is 12.8. The van der Waals surface area contributed by atoms with Crippen LogP contribution < -0.4 is 11.1 Å². The van der Waals surface area contributed by atoms with Crippen LogP contribution in [0, 0.1) is 0 Å². The van der Waals surface area contributed by atoms with Crippen LogP contribution in [0.3, 0.4) is 0 Å². The van der Waals surface area contributed by atoms with Gasteiger partial charge < -0.3 is 20.9 Å². The number of pyridine rings is 3. The topological polar surface area (TPSA) is 130 Å². The van der Waals surface area contributed by atoms with Gasteiger partial charge in [-0.05, 0) is 41.5 Å². The molecule has 4 heterocycles. The molecule has 1 aromatic carbocycles. The van der Waals surface area contributed by atoms with Crippen molar-refractivity contribution in [3.8, 4) is 22.4 Å². The van der Waals surface area contributed by atoms with Crippen LogP contribution in [0.25, 0.3) is 33.4 Å². The molecule has 0 aliphatic carbocycles. The van der Waals surface area contributed by atoms with Crippen molar-refractivity contribution in [3.63, 3.8) is 0 Å². The number of amides is 2. The van der Waals surface area contributed by atoms with Gasteiger partial charge in [0.05, 0.1) is 11.3 Å². The third-order valence-corrected chi connectivity index (χ3v) is 5.99. The number of hydrogen-bond donors (Lipinski definition) is 3. The number of anilines is 1. The fourth-order valence-corrected chi connectivity index (χ4v) is 4.04. The van der Waals surface area contributed by atoms with Crippen molar-refractivity contribution in [2.24, 2.45) is 0 Å². The minimum absolute atomic E-state index is 0.130. The van der Waals surface area contributed by atoms with E-state index in [1.54, 1.807) is 44.7 Å². The third kappa shape index (κ3) is 4.87. The van der Waals surface area contributed by atoms with Crippen LogP contribution in [0.4, 0.5) is 5.82 Å². The van der Waals surface area contributed by atoms with Gasteiger partial charge in [-0.2, -0.15) is 0 Å². The Balaban J connectivity index is 1.45. The summed E-state index contributed by atoms with van der Waals surface area (Å²) in [4.78, 5) is 42.8. The van der Waals surface area contributed by atoms with Gasteiger partial charge in [0.25, 0.3) is 11.8 Å². The third-order valence-electron chi connectivity index (χ3n) is 5.99. The molecule has 5 aromatic rings. The van der Waals surface area contributed by atoms with Gasteiger partial charge in [0.1, 0.15) is 17.2 Å². The molecule has 184 valence electrons. The molecule has 4 aromatic heterocycles. The van der Waals surface area contributed by atoms with Gasteiger partial charge >= 0.3 is 0 Å². The normalized spacial score (nSPS) is 10.9. The van der Waals surface area contributed by atoms with Gasteiger partial charge in [0, 0.05) is 55.7 Å². The molecule has 0 saturated carbocycles. The molecule has 0 unspecified atom stereocenters. The molecule has 5 rings (SSSR count). The van der Waals surface area contributed by atoms with Crippen molar-refractivity contribution in [1.29, 1.82) is 0 Å². The largest absolute Gasteiger partial charge is 0.383 e. The summed E-state index contributed by atoms with van der Waals surface area (Å²) >= 11 is 0. The lowest BCUT2D eigenvalue weighted by Crippen LogP contribution is -2.22. The monoisotopic (exact) mass is 491 g/mol. The SMILES string of the molecule is CN(C)C(=O)c1ccc(-c2cc(-c3ccnc4[nH]c(C(=O)NCc5ccccc5)cc34)cnc2N)nc1. The first kappa shape index (κ1) is 23.7. The predicted molar refractivity (Wildman–Crippen MR) is 143 cm³/mol. The van der Waals surface area contributed by atoms with Crippen molar-refractivity contribution >= 4 is 28.7 Å². The van der Waals surface area contributed by atoms with Crippen molar-refractivity contribution in [2.45, 2.75) is 6.54 Å². The van der Waals surface area contributed by atoms with E-state index in [4.69, 9.17) is 5.73 Å². The van der Waals surface area contributed by atoms with Crippen LogP contribution in [-0.4, -0.2) is 50.7 Å². The van der Waals surface area contributed by atoms with Gasteiger partial charge in [0.15, 0.2) is 0 Å². The quantitative estimate of drug-likeness (QED) is 0.330. The first-order valence-corrected chi connectivity index (χ1v) is 11.6. The minimum atomic E-state index is -0.222. The van der Waals surface area contributed by atoms with Crippen molar-refractivity contribution < 1.29 is 9.59 Å². The average Bonchev–Trinajstić information content (AvgIpc) is 3.37. The molecule has 0 radical (unpaired) electrons. The molecule has 0 aliphatic rings. The van der Waals surface area contributed by atoms with Gasteiger partial charge in [-0.25, -0.2) is 9.97 Å². The van der Waals surface area contributed by atoms with E-state index in [0.717, 1.165) is 22.1 Å². The molecule has 9 heteroatoms. The van der Waals surface area contributed by atoms with Crippen molar-refractivity contribution in [2.75, 3.05) is 19.8 Å². The molecule has 0 saturated heterocycles. The zero-order chi connectivity index (χ0) is 25.9. The summed E-state index contributed by atoms with van der Waals surface area (Å²) in [5, 5.41) is 3.71. The van der Waals surface area contributed by atoms with Crippen LogP contribution in [-0.2, 0) is 6.54 Å². The maximum Gasteiger partial charge on any atom is 0.268 e. The smallest absolute Gasteiger partial charge is 0.268 e. The first-order valence-electron chi connectivity index (χ1n) is 11.6. The number of benzene rings is 1. The van der Waals surface area contributed by atoms with Gasteiger partial charge in [-0.15, -0.1) is 0 Å². The summed E-state index contributed by atoms with van der Waals surface area (Å²) in [6, 6.07) is 18.7. The Morgan fingerprint density at radius 2 is 1.76 bits per heavy atom. The van der Waals surface area contributed by atoms with Gasteiger partial charge in [-0.1, -0.05) is 30.3 Å². The molecular formula is C28H25N7O2. The second-order valence-electron chi connectivity index (χ2n) is 8.76. The van der Waals surface area contributed by atoms with Crippen LogP contribution in [0.15, 0.2) is 79.3 Å². The number of nitrogens with zero attached hydrogens (tertiary/aromatic N) is 4. The second-order valence-corrected chi connectivity index (χ2v) is 8.76. The molecule has 0 atom stereocenters. The molecule has 0 bridgehead atoms. The molecule has 37 heavy (non-hydrogen) atoms. The highest BCUT2D eigenvalue weighted by molar-refractivity contribution is 6.02. The number of rotatable bonds is 6. The summed E-state index contributed by atoms with van der Waals surface area (Å²) in [6.07, 6.45) is 4.89. The molecule has 0 spiro atoms. The highest BCUT2D eigenvalue weighted by Gasteiger charge is 2.16. The molecule has 9 nitrogen and oxygen atoms in total. The first-order chi connectivity index (χ1) is 17.9. The highest BCUT2D eigenvalue weighted by Crippen LogP contribution is 2.32. The Morgan fingerprint density at radius 1 is 0.946 bits per heavy atom. The fourth-order valence-electron chi connectivity index (χ4n) is 4.04. The zero-order valence-electron chi connectivity index (χ0n) is 20.4. The summed E-state index contributed by atoms with van der Waals surface area (Å²) in [7, 11) is 3.38. The summed E-state index contributed by atoms with van der Waals surface area (Å²) in [5.74, 6) is -0.0297. The van der Waals surface area contributed by atoms with E-state index >= 15 is 0 Å². The number of hydrogen-bond acceptors (Lipinski definition) is 6. The van der Waals surface area contributed by atoms with Gasteiger partial charge in [0.2, 0.25) is 0 Å². The van der Waals surface area contributed by atoms with Crippen LogP contribution in [0.1, 0.15) is 26.4 Å². The number of aromatic amines is 1. The molecule has 2 amide bonds. The lowest BCUT2D eigenvalue weighted by Gasteiger charge is -2.11. The van der Waals surface area contributed by atoms with Crippen LogP contribution in [0.5, 0.6) is 0 Å². The molecule has 0 fully saturated rings. The van der Waals surface area contributed by atoms with E-state index in [-0.39, 0.29) is 11.8 Å². The Labute approximate surface area is 213 Å². The number of nitrogens with two attached hydrogens (primary N) is 1. The lowest BCUT2D eigenvalue weighted by molar-refractivity contribution is 0.0826. The Kier molecular flexibility index (Phi) is 6.34. The van der Waals surface area contributed by atoms with E-state index in [1.165, 1.54) is 11.1 Å². The summed E-state index contributed by atoms with van der Waals surface area (Å²) in [6.45, 7) is 0.423. The van der Waals surface area contributed by atoms with Crippen LogP contribution >= 0.6 is 0 Å². The van der Waals surface area contributed by atoms with E-state index in [1.807, 2.05) is 42.5 Å². The highest BCUT2D eigenvalue weighted by atomic mass is 16.2. The Hall–Kier alpha value is -5.05. The summed E-state index contributed by atoms with van der Waals surface area (Å²) < 4.78 is 0. The number of nitrogen functional groups attached to an aromatic ring is 1. The number of fused-ring (bicyclic) bond motifs is 1. The predicted octanol–water partition coefficient (Wildman–Crippen LogP) is 3.90. The van der Waals surface area contributed by atoms with Crippen molar-refractivity contribution in [3.05, 3.63) is 96.1 Å². The second kappa shape index (κ2) is 9.90. The van der Waals surface area contributed by atoms with E-state index in [0.29, 0.717) is 40.5 Å². The minimum Gasteiger partial charge on any atom is -0.383 e. The Bertz CT molecular complexity index is 1590. The molecule has 0 aliphatic heterocycles. The standard InChI is InChI=1S/C28H25N7O2/c1-35(2)28(37)18-8-9-23(31-15-18)22-12-19(16-32-25(22)29)20-10-11-30-26-21(20)13-24(34-26)27(36)33-14-17-6-4-3-5-7-17/h3-13,15-16H,14H2,1-2H3,(H2,29,32)(H,30,34)(H,33,36). The van der Waals surface area contributed by atoms with E-state index < -0.39 is 0 Å².